The molecule has 0 saturated heterocycles. The summed E-state index contributed by atoms with van der Waals surface area (Å²) in [6.45, 7) is 3.79. The fourth-order valence-corrected chi connectivity index (χ4v) is 5.97. The lowest BCUT2D eigenvalue weighted by Crippen LogP contribution is -2.34. The molecule has 0 aliphatic carbocycles. The summed E-state index contributed by atoms with van der Waals surface area (Å²) < 4.78 is 11.6. The largest absolute Gasteiger partial charge is 0.482 e. The third kappa shape index (κ3) is 7.06. The van der Waals surface area contributed by atoms with E-state index in [1.165, 1.54) is 14.7 Å². The summed E-state index contributed by atoms with van der Waals surface area (Å²) in [6, 6.07) is 38.6. The van der Waals surface area contributed by atoms with E-state index in [0.29, 0.717) is 18.6 Å². The molecule has 0 atom stereocenters. The maximum absolute atomic E-state index is 12.7. The molecular formula is C33H31O3S+. The Balaban J connectivity index is 1.43. The average molecular weight is 508 g/mol. The Bertz CT molecular complexity index is 1280. The van der Waals surface area contributed by atoms with Gasteiger partial charge in [0.2, 0.25) is 0 Å². The first-order chi connectivity index (χ1) is 18.1. The lowest BCUT2D eigenvalue weighted by Gasteiger charge is -2.25. The molecule has 0 unspecified atom stereocenters. The number of esters is 1. The summed E-state index contributed by atoms with van der Waals surface area (Å²) in [7, 11) is -0.232. The van der Waals surface area contributed by atoms with Gasteiger partial charge < -0.3 is 9.47 Å². The van der Waals surface area contributed by atoms with Gasteiger partial charge >= 0.3 is 5.97 Å². The van der Waals surface area contributed by atoms with Crippen LogP contribution in [0.5, 0.6) is 5.75 Å². The zero-order valence-electron chi connectivity index (χ0n) is 21.2. The molecule has 4 rings (SSSR count). The lowest BCUT2D eigenvalue weighted by molar-refractivity contribution is -0.157. The number of carbonyl (C=O) groups excluding carboxylic acids is 1. The fourth-order valence-electron chi connectivity index (χ4n) is 3.89. The second-order valence-electron chi connectivity index (χ2n) is 8.48. The van der Waals surface area contributed by atoms with Gasteiger partial charge in [0.25, 0.3) is 0 Å². The van der Waals surface area contributed by atoms with Gasteiger partial charge in [0.1, 0.15) is 5.75 Å². The van der Waals surface area contributed by atoms with Crippen molar-refractivity contribution >= 4 is 16.9 Å². The van der Waals surface area contributed by atoms with E-state index in [0.717, 1.165) is 5.56 Å². The van der Waals surface area contributed by atoms with Crippen molar-refractivity contribution in [3.63, 3.8) is 0 Å². The van der Waals surface area contributed by atoms with Crippen LogP contribution < -0.4 is 4.74 Å². The Morgan fingerprint density at radius 1 is 0.703 bits per heavy atom. The van der Waals surface area contributed by atoms with Crippen LogP contribution in [-0.4, -0.2) is 18.2 Å². The van der Waals surface area contributed by atoms with Gasteiger partial charge in [-0.15, -0.1) is 0 Å². The molecule has 0 radical (unpaired) electrons. The first-order valence-corrected chi connectivity index (χ1v) is 13.7. The average Bonchev–Trinajstić information content (AvgIpc) is 2.97. The maximum atomic E-state index is 12.7. The summed E-state index contributed by atoms with van der Waals surface area (Å²) in [4.78, 5) is 16.4. The molecule has 0 aliphatic rings. The minimum Gasteiger partial charge on any atom is -0.482 e. The van der Waals surface area contributed by atoms with E-state index in [4.69, 9.17) is 9.47 Å². The molecule has 3 nitrogen and oxygen atoms in total. The van der Waals surface area contributed by atoms with E-state index in [2.05, 4.69) is 72.5 Å². The van der Waals surface area contributed by atoms with Crippen molar-refractivity contribution in [1.29, 1.82) is 0 Å². The van der Waals surface area contributed by atoms with E-state index in [1.54, 1.807) is 0 Å². The molecule has 0 aliphatic heterocycles. The van der Waals surface area contributed by atoms with Crippen LogP contribution in [0, 0.1) is 11.8 Å². The predicted molar refractivity (Wildman–Crippen MR) is 150 cm³/mol. The quantitative estimate of drug-likeness (QED) is 0.135. The summed E-state index contributed by atoms with van der Waals surface area (Å²) in [5, 5.41) is 0. The third-order valence-corrected chi connectivity index (χ3v) is 8.26. The third-order valence-electron chi connectivity index (χ3n) is 6.03. The number of benzene rings is 4. The van der Waals surface area contributed by atoms with Crippen molar-refractivity contribution in [2.24, 2.45) is 0 Å². The summed E-state index contributed by atoms with van der Waals surface area (Å²) in [6.07, 6.45) is 1.20. The maximum Gasteiger partial charge on any atom is 0.345 e. The van der Waals surface area contributed by atoms with Gasteiger partial charge in [0, 0.05) is 5.56 Å². The molecule has 186 valence electrons. The molecule has 0 fully saturated rings. The highest BCUT2D eigenvalue weighted by atomic mass is 32.2. The van der Waals surface area contributed by atoms with Gasteiger partial charge in [-0.1, -0.05) is 74.4 Å². The normalized spacial score (nSPS) is 10.9. The number of hydrogen-bond acceptors (Lipinski definition) is 3. The molecule has 0 amide bonds. The Labute approximate surface area is 222 Å². The summed E-state index contributed by atoms with van der Waals surface area (Å²) >= 11 is 0. The van der Waals surface area contributed by atoms with Crippen molar-refractivity contribution < 1.29 is 14.3 Å². The summed E-state index contributed by atoms with van der Waals surface area (Å²) in [5.41, 5.74) is 0.0611. The fraction of sp³-hybridized carbons (Fsp3) is 0.182. The van der Waals surface area contributed by atoms with Crippen LogP contribution in [0.2, 0.25) is 0 Å². The van der Waals surface area contributed by atoms with Crippen LogP contribution in [0.1, 0.15) is 32.3 Å². The van der Waals surface area contributed by atoms with Crippen molar-refractivity contribution in [2.45, 2.75) is 47.0 Å². The zero-order valence-corrected chi connectivity index (χ0v) is 22.0. The molecule has 0 heterocycles. The molecule has 0 N–H and O–H groups in total. The smallest absolute Gasteiger partial charge is 0.345 e. The Morgan fingerprint density at radius 3 is 1.70 bits per heavy atom. The standard InChI is InChI=1S/C33H31O3S/c1-3-33(4-2,25-24-27-14-8-5-9-15-27)36-32(34)26-35-28-20-22-31(23-21-28)37(29-16-10-6-11-17-29)30-18-12-7-13-19-30/h5-23H,3-4,26H2,1-2H3/q+1. The summed E-state index contributed by atoms with van der Waals surface area (Å²) in [5.74, 6) is 6.52. The topological polar surface area (TPSA) is 35.5 Å². The number of ether oxygens (including phenoxy) is 2. The number of hydrogen-bond donors (Lipinski definition) is 0. The van der Waals surface area contributed by atoms with Gasteiger partial charge in [-0.2, -0.15) is 0 Å². The highest BCUT2D eigenvalue weighted by Crippen LogP contribution is 2.32. The minimum atomic E-state index is -0.833. The van der Waals surface area contributed by atoms with E-state index in [1.807, 2.05) is 68.4 Å². The van der Waals surface area contributed by atoms with Crippen molar-refractivity contribution in [3.8, 4) is 17.6 Å². The van der Waals surface area contributed by atoms with E-state index < -0.39 is 11.6 Å². The Morgan fingerprint density at radius 2 is 1.19 bits per heavy atom. The van der Waals surface area contributed by atoms with Crippen LogP contribution in [0.4, 0.5) is 0 Å². The minimum absolute atomic E-state index is 0.169. The van der Waals surface area contributed by atoms with Gasteiger partial charge in [-0.3, -0.25) is 0 Å². The van der Waals surface area contributed by atoms with Crippen LogP contribution in [0.15, 0.2) is 130 Å². The second-order valence-corrected chi connectivity index (χ2v) is 10.5. The Hall–Kier alpha value is -3.94. The van der Waals surface area contributed by atoms with Gasteiger partial charge in [0.15, 0.2) is 26.9 Å². The molecule has 0 aromatic heterocycles. The van der Waals surface area contributed by atoms with E-state index in [-0.39, 0.29) is 17.5 Å². The van der Waals surface area contributed by atoms with Crippen molar-refractivity contribution in [2.75, 3.05) is 6.61 Å². The number of carbonyl (C=O) groups is 1. The molecular weight excluding hydrogens is 476 g/mol. The molecule has 4 aromatic rings. The molecule has 0 saturated carbocycles. The van der Waals surface area contributed by atoms with Gasteiger partial charge in [-0.05, 0) is 79.4 Å². The highest BCUT2D eigenvalue weighted by molar-refractivity contribution is 7.97. The van der Waals surface area contributed by atoms with Gasteiger partial charge in [0.05, 0.1) is 10.9 Å². The zero-order chi connectivity index (χ0) is 25.9. The lowest BCUT2D eigenvalue weighted by atomic mass is 9.97. The molecule has 4 aromatic carbocycles. The van der Waals surface area contributed by atoms with E-state index >= 15 is 0 Å². The van der Waals surface area contributed by atoms with Crippen LogP contribution in [-0.2, 0) is 20.4 Å². The number of rotatable bonds is 9. The van der Waals surface area contributed by atoms with Crippen molar-refractivity contribution in [3.05, 3.63) is 121 Å². The van der Waals surface area contributed by atoms with Crippen molar-refractivity contribution in [1.82, 2.24) is 0 Å². The Kier molecular flexibility index (Phi) is 9.08. The molecule has 4 heteroatoms. The van der Waals surface area contributed by atoms with Crippen LogP contribution >= 0.6 is 0 Å². The van der Waals surface area contributed by atoms with Crippen LogP contribution in [0.3, 0.4) is 0 Å². The second kappa shape index (κ2) is 12.9. The predicted octanol–water partition coefficient (Wildman–Crippen LogP) is 7.31. The molecule has 0 spiro atoms. The van der Waals surface area contributed by atoms with Crippen LogP contribution in [0.25, 0.3) is 0 Å². The van der Waals surface area contributed by atoms with E-state index in [9.17, 15) is 4.79 Å². The molecule has 37 heavy (non-hydrogen) atoms. The van der Waals surface area contributed by atoms with Gasteiger partial charge in [-0.25, -0.2) is 4.79 Å². The molecule has 0 bridgehead atoms. The highest BCUT2D eigenvalue weighted by Gasteiger charge is 2.30. The SMILES string of the molecule is CCC(C#Cc1ccccc1)(CC)OC(=O)COc1ccc([S+](c2ccccc2)c2ccccc2)cc1. The first kappa shape index (κ1) is 26.1. The monoisotopic (exact) mass is 507 g/mol. The first-order valence-electron chi connectivity index (χ1n) is 12.5.